The summed E-state index contributed by atoms with van der Waals surface area (Å²) in [6.45, 7) is 3.06. The number of likely N-dealkylation sites (tertiary alicyclic amines) is 1. The molecule has 1 aromatic carbocycles. The van der Waals surface area contributed by atoms with Gasteiger partial charge in [-0.1, -0.05) is 12.1 Å². The predicted octanol–water partition coefficient (Wildman–Crippen LogP) is 3.71. The van der Waals surface area contributed by atoms with E-state index in [4.69, 9.17) is 4.74 Å². The van der Waals surface area contributed by atoms with Gasteiger partial charge in [0.2, 0.25) is 0 Å². The van der Waals surface area contributed by atoms with Gasteiger partial charge in [-0.15, -0.1) is 0 Å². The van der Waals surface area contributed by atoms with E-state index in [0.717, 1.165) is 44.5 Å². The molecule has 26 heavy (non-hydrogen) atoms. The smallest absolute Gasteiger partial charge is 0.270 e. The van der Waals surface area contributed by atoms with Crippen molar-refractivity contribution in [3.8, 4) is 5.75 Å². The lowest BCUT2D eigenvalue weighted by Crippen LogP contribution is -2.38. The van der Waals surface area contributed by atoms with E-state index in [2.05, 4.69) is 17.1 Å². The fourth-order valence-corrected chi connectivity index (χ4v) is 3.48. The number of nitrogens with zero attached hydrogens (tertiary/aromatic N) is 1. The van der Waals surface area contributed by atoms with Crippen LogP contribution in [0.1, 0.15) is 52.6 Å². The largest absolute Gasteiger partial charge is 0.497 e. The zero-order valence-electron chi connectivity index (χ0n) is 15.5. The van der Waals surface area contributed by atoms with Crippen molar-refractivity contribution < 1.29 is 14.3 Å². The Bertz CT molecular complexity index is 756. The number of nitrogens with one attached hydrogen (secondary N) is 1. The number of hydrogen-bond donors (Lipinski definition) is 1. The van der Waals surface area contributed by atoms with Crippen LogP contribution in [0.3, 0.4) is 0 Å². The molecular formula is C21H26N2O3. The molecule has 1 aliphatic heterocycles. The topological polar surface area (TPSA) is 62.4 Å². The summed E-state index contributed by atoms with van der Waals surface area (Å²) in [5.41, 5.74) is 2.39. The van der Waals surface area contributed by atoms with Gasteiger partial charge in [0.05, 0.1) is 7.11 Å². The van der Waals surface area contributed by atoms with Crippen LogP contribution in [0.4, 0.5) is 0 Å². The number of carbonyl (C=O) groups excluding carboxylic acids is 2. The maximum atomic E-state index is 12.6. The number of methoxy groups -OCH3 is 1. The number of carbonyl (C=O) groups is 2. The number of ketones is 1. The molecule has 1 aliphatic rings. The van der Waals surface area contributed by atoms with Crippen molar-refractivity contribution in [3.05, 3.63) is 53.3 Å². The van der Waals surface area contributed by atoms with Crippen molar-refractivity contribution in [1.82, 2.24) is 9.88 Å². The number of hydrogen-bond acceptors (Lipinski definition) is 3. The lowest BCUT2D eigenvalue weighted by molar-refractivity contribution is 0.0681. The monoisotopic (exact) mass is 354 g/mol. The molecule has 0 aliphatic carbocycles. The van der Waals surface area contributed by atoms with Gasteiger partial charge in [0.1, 0.15) is 11.4 Å². The zero-order chi connectivity index (χ0) is 18.5. The number of ether oxygens (including phenoxy) is 1. The predicted molar refractivity (Wildman–Crippen MR) is 101 cm³/mol. The third-order valence-corrected chi connectivity index (χ3v) is 5.22. The molecule has 2 heterocycles. The van der Waals surface area contributed by atoms with Crippen LogP contribution in [-0.4, -0.2) is 41.8 Å². The van der Waals surface area contributed by atoms with Crippen molar-refractivity contribution in [2.24, 2.45) is 5.92 Å². The summed E-state index contributed by atoms with van der Waals surface area (Å²) in [5.74, 6) is 1.50. The molecule has 0 bridgehead atoms. The molecule has 0 saturated carbocycles. The second kappa shape index (κ2) is 8.21. The number of aromatic amines is 1. The number of piperidine rings is 1. The summed E-state index contributed by atoms with van der Waals surface area (Å²) in [7, 11) is 1.68. The Hall–Kier alpha value is -2.56. The van der Waals surface area contributed by atoms with Crippen LogP contribution in [0.15, 0.2) is 36.5 Å². The highest BCUT2D eigenvalue weighted by atomic mass is 16.5. The summed E-state index contributed by atoms with van der Waals surface area (Å²) < 4.78 is 5.19. The lowest BCUT2D eigenvalue weighted by atomic mass is 9.90. The molecule has 0 atom stereocenters. The molecular weight excluding hydrogens is 328 g/mol. The van der Waals surface area contributed by atoms with Gasteiger partial charge in [-0.05, 0) is 62.3 Å². The number of amides is 1. The van der Waals surface area contributed by atoms with E-state index in [1.165, 1.54) is 12.5 Å². The van der Waals surface area contributed by atoms with E-state index < -0.39 is 0 Å². The second-order valence-electron chi connectivity index (χ2n) is 6.98. The van der Waals surface area contributed by atoms with Crippen LogP contribution in [0, 0.1) is 5.92 Å². The summed E-state index contributed by atoms with van der Waals surface area (Å²) in [4.78, 5) is 28.7. The highest BCUT2D eigenvalue weighted by Gasteiger charge is 2.24. The molecule has 0 unspecified atom stereocenters. The molecule has 2 aromatic rings. The minimum atomic E-state index is -0.0301. The first-order valence-corrected chi connectivity index (χ1v) is 9.18. The maximum absolute atomic E-state index is 12.6. The average molecular weight is 354 g/mol. The molecule has 138 valence electrons. The number of Topliss-reactive ketones (excluding diaryl/α,β-unsaturated/α-hetero) is 1. The van der Waals surface area contributed by atoms with Gasteiger partial charge in [0.25, 0.3) is 5.91 Å². The normalized spacial score (nSPS) is 15.1. The molecule has 1 amide bonds. The number of aryl methyl sites for hydroxylation is 1. The lowest BCUT2D eigenvalue weighted by Gasteiger charge is -2.31. The Balaban J connectivity index is 1.47. The Labute approximate surface area is 154 Å². The van der Waals surface area contributed by atoms with Gasteiger partial charge in [0.15, 0.2) is 5.78 Å². The van der Waals surface area contributed by atoms with Gasteiger partial charge < -0.3 is 14.6 Å². The van der Waals surface area contributed by atoms with Crippen molar-refractivity contribution in [2.75, 3.05) is 20.2 Å². The second-order valence-corrected chi connectivity index (χ2v) is 6.98. The van der Waals surface area contributed by atoms with Crippen LogP contribution >= 0.6 is 0 Å². The van der Waals surface area contributed by atoms with Crippen LogP contribution in [0.2, 0.25) is 0 Å². The first kappa shape index (κ1) is 18.2. The molecule has 5 nitrogen and oxygen atoms in total. The standard InChI is InChI=1S/C21H26N2O3/c1-15(24)18-13-20(22-14-18)21(25)23-11-9-17(10-12-23)4-3-16-5-7-19(26-2)8-6-16/h5-8,13-14,17,22H,3-4,9-12H2,1-2H3. The van der Waals surface area contributed by atoms with Crippen LogP contribution in [0.25, 0.3) is 0 Å². The molecule has 0 radical (unpaired) electrons. The van der Waals surface area contributed by atoms with Gasteiger partial charge in [-0.2, -0.15) is 0 Å². The maximum Gasteiger partial charge on any atom is 0.270 e. The molecule has 1 N–H and O–H groups in total. The summed E-state index contributed by atoms with van der Waals surface area (Å²) in [5, 5.41) is 0. The number of rotatable bonds is 6. The highest BCUT2D eigenvalue weighted by Crippen LogP contribution is 2.24. The van der Waals surface area contributed by atoms with Crippen molar-refractivity contribution >= 4 is 11.7 Å². The SMILES string of the molecule is COc1ccc(CCC2CCN(C(=O)c3cc(C(C)=O)c[nH]3)CC2)cc1. The Morgan fingerprint density at radius 2 is 1.88 bits per heavy atom. The fraction of sp³-hybridized carbons (Fsp3) is 0.429. The number of H-pyrrole nitrogens is 1. The first-order valence-electron chi connectivity index (χ1n) is 9.18. The summed E-state index contributed by atoms with van der Waals surface area (Å²) in [6.07, 6.45) is 5.87. The summed E-state index contributed by atoms with van der Waals surface area (Å²) in [6, 6.07) is 9.90. The number of benzene rings is 1. The fourth-order valence-electron chi connectivity index (χ4n) is 3.48. The van der Waals surface area contributed by atoms with Crippen LogP contribution in [-0.2, 0) is 6.42 Å². The van der Waals surface area contributed by atoms with Crippen molar-refractivity contribution in [2.45, 2.75) is 32.6 Å². The quantitative estimate of drug-likeness (QED) is 0.805. The Morgan fingerprint density at radius 1 is 1.19 bits per heavy atom. The Morgan fingerprint density at radius 3 is 2.46 bits per heavy atom. The minimum Gasteiger partial charge on any atom is -0.497 e. The molecule has 5 heteroatoms. The molecule has 1 saturated heterocycles. The summed E-state index contributed by atoms with van der Waals surface area (Å²) >= 11 is 0. The zero-order valence-corrected chi connectivity index (χ0v) is 15.5. The van der Waals surface area contributed by atoms with E-state index in [1.54, 1.807) is 19.4 Å². The Kier molecular flexibility index (Phi) is 5.76. The van der Waals surface area contributed by atoms with E-state index in [1.807, 2.05) is 17.0 Å². The minimum absolute atomic E-state index is 0.00824. The average Bonchev–Trinajstić information content (AvgIpc) is 3.17. The van der Waals surface area contributed by atoms with Gasteiger partial charge >= 0.3 is 0 Å². The van der Waals surface area contributed by atoms with Crippen molar-refractivity contribution in [1.29, 1.82) is 0 Å². The van der Waals surface area contributed by atoms with E-state index >= 15 is 0 Å². The van der Waals surface area contributed by atoms with E-state index in [-0.39, 0.29) is 11.7 Å². The van der Waals surface area contributed by atoms with Crippen LogP contribution in [0.5, 0.6) is 5.75 Å². The van der Waals surface area contributed by atoms with Gasteiger partial charge in [-0.3, -0.25) is 9.59 Å². The van der Waals surface area contributed by atoms with Gasteiger partial charge in [-0.25, -0.2) is 0 Å². The number of aromatic nitrogens is 1. The third kappa shape index (κ3) is 4.34. The van der Waals surface area contributed by atoms with Crippen LogP contribution < -0.4 is 4.74 Å². The third-order valence-electron chi connectivity index (χ3n) is 5.22. The first-order chi connectivity index (χ1) is 12.6. The molecule has 3 rings (SSSR count). The molecule has 0 spiro atoms. The van der Waals surface area contributed by atoms with Crippen molar-refractivity contribution in [3.63, 3.8) is 0 Å². The molecule has 1 fully saturated rings. The van der Waals surface area contributed by atoms with E-state index in [9.17, 15) is 9.59 Å². The highest BCUT2D eigenvalue weighted by molar-refractivity contribution is 5.99. The molecule has 1 aromatic heterocycles. The van der Waals surface area contributed by atoms with Gasteiger partial charge in [0, 0.05) is 24.8 Å². The van der Waals surface area contributed by atoms with E-state index in [0.29, 0.717) is 17.2 Å².